The van der Waals surface area contributed by atoms with Crippen molar-refractivity contribution in [3.63, 3.8) is 0 Å². The lowest BCUT2D eigenvalue weighted by Gasteiger charge is -2.20. The highest BCUT2D eigenvalue weighted by atomic mass is 32.1. The summed E-state index contributed by atoms with van der Waals surface area (Å²) in [5, 5.41) is 3.35. The van der Waals surface area contributed by atoms with E-state index in [2.05, 4.69) is 10.3 Å². The van der Waals surface area contributed by atoms with Crippen LogP contribution >= 0.6 is 11.3 Å². The first-order chi connectivity index (χ1) is 13.5. The molecule has 7 nitrogen and oxygen atoms in total. The summed E-state index contributed by atoms with van der Waals surface area (Å²) in [4.78, 5) is 32.8. The summed E-state index contributed by atoms with van der Waals surface area (Å²) in [6.45, 7) is 2.99. The Labute approximate surface area is 166 Å². The van der Waals surface area contributed by atoms with Crippen molar-refractivity contribution in [3.8, 4) is 5.75 Å². The lowest BCUT2D eigenvalue weighted by atomic mass is 10.2. The highest BCUT2D eigenvalue weighted by molar-refractivity contribution is 7.22. The first kappa shape index (κ1) is 18.2. The number of aromatic nitrogens is 1. The van der Waals surface area contributed by atoms with Gasteiger partial charge in [-0.05, 0) is 36.8 Å². The van der Waals surface area contributed by atoms with E-state index in [1.807, 2.05) is 49.4 Å². The van der Waals surface area contributed by atoms with Crippen molar-refractivity contribution in [2.75, 3.05) is 37.0 Å². The largest absolute Gasteiger partial charge is 0.495 e. The number of thiazole rings is 1. The lowest BCUT2D eigenvalue weighted by molar-refractivity contribution is -0.116. The van der Waals surface area contributed by atoms with Gasteiger partial charge in [0.1, 0.15) is 12.3 Å². The number of carbonyl (C=O) groups is 2. The Morgan fingerprint density at radius 1 is 1.25 bits per heavy atom. The van der Waals surface area contributed by atoms with E-state index in [1.54, 1.807) is 12.0 Å². The number of hydrogen-bond donors (Lipinski definition) is 1. The molecule has 1 aliphatic rings. The third kappa shape index (κ3) is 3.50. The quantitative estimate of drug-likeness (QED) is 0.716. The second kappa shape index (κ2) is 7.47. The van der Waals surface area contributed by atoms with Crippen LogP contribution in [0.3, 0.4) is 0 Å². The first-order valence-corrected chi connectivity index (χ1v) is 9.73. The van der Waals surface area contributed by atoms with Gasteiger partial charge < -0.3 is 15.0 Å². The Kier molecular flexibility index (Phi) is 4.87. The number of amides is 3. The van der Waals surface area contributed by atoms with Gasteiger partial charge in [-0.15, -0.1) is 0 Å². The fraction of sp³-hybridized carbons (Fsp3) is 0.250. The maximum atomic E-state index is 12.7. The Balaban J connectivity index is 1.42. The van der Waals surface area contributed by atoms with E-state index in [-0.39, 0.29) is 18.5 Å². The summed E-state index contributed by atoms with van der Waals surface area (Å²) < 4.78 is 6.36. The van der Waals surface area contributed by atoms with Crippen molar-refractivity contribution in [1.82, 2.24) is 9.88 Å². The fourth-order valence-corrected chi connectivity index (χ4v) is 4.20. The molecule has 0 unspecified atom stereocenters. The van der Waals surface area contributed by atoms with E-state index in [0.29, 0.717) is 29.7 Å². The van der Waals surface area contributed by atoms with Crippen LogP contribution in [-0.4, -0.2) is 48.6 Å². The number of nitrogens with one attached hydrogen (secondary N) is 1. The molecule has 1 N–H and O–H groups in total. The van der Waals surface area contributed by atoms with Crippen LogP contribution in [-0.2, 0) is 4.79 Å². The molecule has 3 amide bonds. The molecule has 1 saturated heterocycles. The minimum absolute atomic E-state index is 0.0144. The van der Waals surface area contributed by atoms with Crippen LogP contribution in [0, 0.1) is 6.92 Å². The number of hydrogen-bond acceptors (Lipinski definition) is 5. The first-order valence-electron chi connectivity index (χ1n) is 8.91. The third-order valence-electron chi connectivity index (χ3n) is 4.60. The standard InChI is InChI=1S/C20H20N4O3S/c1-13-7-8-14-17(11-13)28-19(21-14)22-18(25)12-23-9-10-24(20(23)26)15-5-3-4-6-16(15)27-2/h3-8,11H,9-10,12H2,1-2H3,(H,21,22,25). The summed E-state index contributed by atoms with van der Waals surface area (Å²) in [6.07, 6.45) is 0. The van der Waals surface area contributed by atoms with Crippen LogP contribution in [0.1, 0.15) is 5.56 Å². The number of nitrogens with zero attached hydrogens (tertiary/aromatic N) is 3. The predicted molar refractivity (Wildman–Crippen MR) is 110 cm³/mol. The molecule has 1 fully saturated rings. The third-order valence-corrected chi connectivity index (χ3v) is 5.53. The second-order valence-electron chi connectivity index (χ2n) is 6.57. The number of ether oxygens (including phenoxy) is 1. The predicted octanol–water partition coefficient (Wildman–Crippen LogP) is 3.49. The summed E-state index contributed by atoms with van der Waals surface area (Å²) >= 11 is 1.43. The average molecular weight is 396 g/mol. The molecule has 4 rings (SSSR count). The van der Waals surface area contributed by atoms with Gasteiger partial charge in [-0.3, -0.25) is 9.69 Å². The number of aryl methyl sites for hydroxylation is 1. The number of rotatable bonds is 5. The van der Waals surface area contributed by atoms with Gasteiger partial charge in [-0.1, -0.05) is 29.5 Å². The van der Waals surface area contributed by atoms with Gasteiger partial charge in [0.05, 0.1) is 23.0 Å². The molecular weight excluding hydrogens is 376 g/mol. The molecule has 28 heavy (non-hydrogen) atoms. The van der Waals surface area contributed by atoms with Crippen molar-refractivity contribution >= 4 is 44.3 Å². The topological polar surface area (TPSA) is 74.8 Å². The van der Waals surface area contributed by atoms with Crippen LogP contribution in [0.2, 0.25) is 0 Å². The molecule has 2 heterocycles. The smallest absolute Gasteiger partial charge is 0.325 e. The van der Waals surface area contributed by atoms with Crippen LogP contribution in [0.15, 0.2) is 42.5 Å². The van der Waals surface area contributed by atoms with Gasteiger partial charge in [-0.2, -0.15) is 0 Å². The number of urea groups is 1. The highest BCUT2D eigenvalue weighted by Gasteiger charge is 2.32. The Bertz CT molecular complexity index is 1050. The van der Waals surface area contributed by atoms with Crippen LogP contribution in [0.5, 0.6) is 5.75 Å². The number of fused-ring (bicyclic) bond motifs is 1. The van der Waals surface area contributed by atoms with Gasteiger partial charge in [0.25, 0.3) is 0 Å². The van der Waals surface area contributed by atoms with Crippen molar-refractivity contribution in [2.24, 2.45) is 0 Å². The number of benzene rings is 2. The van der Waals surface area contributed by atoms with Crippen molar-refractivity contribution in [2.45, 2.75) is 6.92 Å². The summed E-state index contributed by atoms with van der Waals surface area (Å²) in [6, 6.07) is 13.1. The molecule has 144 valence electrons. The molecular formula is C20H20N4O3S. The SMILES string of the molecule is COc1ccccc1N1CCN(CC(=O)Nc2nc3ccc(C)cc3s2)C1=O. The van der Waals surface area contributed by atoms with Crippen molar-refractivity contribution < 1.29 is 14.3 Å². The molecule has 0 bridgehead atoms. The molecule has 2 aromatic carbocycles. The van der Waals surface area contributed by atoms with E-state index in [1.165, 1.54) is 16.2 Å². The number of methoxy groups -OCH3 is 1. The normalized spacial score (nSPS) is 14.0. The summed E-state index contributed by atoms with van der Waals surface area (Å²) in [5.41, 5.74) is 2.71. The monoisotopic (exact) mass is 396 g/mol. The molecule has 8 heteroatoms. The van der Waals surface area contributed by atoms with Crippen LogP contribution < -0.4 is 15.0 Å². The minimum atomic E-state index is -0.258. The average Bonchev–Trinajstić information content (AvgIpc) is 3.24. The molecule has 0 aliphatic carbocycles. The fourth-order valence-electron chi connectivity index (χ4n) is 3.22. The molecule has 1 aliphatic heterocycles. The van der Waals surface area contributed by atoms with Gasteiger partial charge in [0.15, 0.2) is 5.13 Å². The van der Waals surface area contributed by atoms with Gasteiger partial charge in [-0.25, -0.2) is 9.78 Å². The molecule has 0 saturated carbocycles. The lowest BCUT2D eigenvalue weighted by Crippen LogP contribution is -2.37. The van der Waals surface area contributed by atoms with Gasteiger partial charge in [0.2, 0.25) is 5.91 Å². The number of carbonyl (C=O) groups excluding carboxylic acids is 2. The maximum absolute atomic E-state index is 12.7. The van der Waals surface area contributed by atoms with Crippen LogP contribution in [0.4, 0.5) is 15.6 Å². The maximum Gasteiger partial charge on any atom is 0.325 e. The highest BCUT2D eigenvalue weighted by Crippen LogP contribution is 2.30. The Hall–Kier alpha value is -3.13. The zero-order valence-electron chi connectivity index (χ0n) is 15.6. The Morgan fingerprint density at radius 3 is 2.89 bits per heavy atom. The van der Waals surface area contributed by atoms with Crippen molar-refractivity contribution in [3.05, 3.63) is 48.0 Å². The van der Waals surface area contributed by atoms with Gasteiger partial charge >= 0.3 is 6.03 Å². The van der Waals surface area contributed by atoms with E-state index in [4.69, 9.17) is 4.74 Å². The number of para-hydroxylation sites is 2. The van der Waals surface area contributed by atoms with E-state index >= 15 is 0 Å². The zero-order valence-corrected chi connectivity index (χ0v) is 16.5. The van der Waals surface area contributed by atoms with Gasteiger partial charge in [0, 0.05) is 13.1 Å². The van der Waals surface area contributed by atoms with Crippen LogP contribution in [0.25, 0.3) is 10.2 Å². The zero-order chi connectivity index (χ0) is 19.7. The summed E-state index contributed by atoms with van der Waals surface area (Å²) in [5.74, 6) is 0.373. The van der Waals surface area contributed by atoms with E-state index in [9.17, 15) is 9.59 Å². The molecule has 1 aromatic heterocycles. The van der Waals surface area contributed by atoms with E-state index < -0.39 is 0 Å². The molecule has 0 atom stereocenters. The number of anilines is 2. The van der Waals surface area contributed by atoms with Crippen molar-refractivity contribution in [1.29, 1.82) is 0 Å². The van der Waals surface area contributed by atoms with E-state index in [0.717, 1.165) is 15.8 Å². The minimum Gasteiger partial charge on any atom is -0.495 e. The Morgan fingerprint density at radius 2 is 2.07 bits per heavy atom. The molecule has 0 radical (unpaired) electrons. The molecule has 0 spiro atoms. The molecule has 3 aromatic rings. The second-order valence-corrected chi connectivity index (χ2v) is 7.60. The summed E-state index contributed by atoms with van der Waals surface area (Å²) in [7, 11) is 1.57.